The molecule has 6 nitrogen and oxygen atoms in total. The van der Waals surface area contributed by atoms with Crippen molar-refractivity contribution in [3.05, 3.63) is 34.6 Å². The molecule has 2 aromatic heterocycles. The van der Waals surface area contributed by atoms with E-state index in [9.17, 15) is 4.79 Å². The summed E-state index contributed by atoms with van der Waals surface area (Å²) in [5.41, 5.74) is 2.43. The van der Waals surface area contributed by atoms with Crippen LogP contribution in [0.25, 0.3) is 0 Å². The van der Waals surface area contributed by atoms with Crippen LogP contribution in [0, 0.1) is 6.92 Å². The first-order chi connectivity index (χ1) is 10.2. The maximum Gasteiger partial charge on any atom is 0.254 e. The minimum atomic E-state index is -0.124. The first-order valence-corrected chi connectivity index (χ1v) is 7.88. The molecule has 1 N–H and O–H groups in total. The van der Waals surface area contributed by atoms with Crippen LogP contribution in [-0.2, 0) is 11.3 Å². The fraction of sp³-hybridized carbons (Fsp3) is 0.500. The molecule has 112 valence electrons. The number of rotatable bonds is 4. The molecule has 0 aromatic carbocycles. The SMILES string of the molecule is CCn1cc([C@H]2OCC[C@@H]2NC(=O)c2csnc2C)cn1. The second-order valence-electron chi connectivity index (χ2n) is 5.10. The van der Waals surface area contributed by atoms with Crippen LogP contribution >= 0.6 is 11.5 Å². The van der Waals surface area contributed by atoms with Gasteiger partial charge in [0, 0.05) is 30.3 Å². The van der Waals surface area contributed by atoms with E-state index in [4.69, 9.17) is 4.74 Å². The van der Waals surface area contributed by atoms with Crippen molar-refractivity contribution in [1.82, 2.24) is 19.5 Å². The Bertz CT molecular complexity index is 636. The number of carbonyl (C=O) groups excluding carboxylic acids is 1. The Hall–Kier alpha value is -1.73. The number of amides is 1. The topological polar surface area (TPSA) is 69.0 Å². The zero-order chi connectivity index (χ0) is 14.8. The molecule has 1 fully saturated rings. The third-order valence-corrected chi connectivity index (χ3v) is 4.43. The lowest BCUT2D eigenvalue weighted by atomic mass is 10.0. The molecular weight excluding hydrogens is 288 g/mol. The van der Waals surface area contributed by atoms with Crippen LogP contribution < -0.4 is 5.32 Å². The van der Waals surface area contributed by atoms with Crippen LogP contribution in [0.5, 0.6) is 0 Å². The van der Waals surface area contributed by atoms with Crippen LogP contribution in [0.2, 0.25) is 0 Å². The minimum absolute atomic E-state index is 0.0219. The van der Waals surface area contributed by atoms with Gasteiger partial charge in [0.15, 0.2) is 0 Å². The fourth-order valence-electron chi connectivity index (χ4n) is 2.52. The Kier molecular flexibility index (Phi) is 4.03. The van der Waals surface area contributed by atoms with E-state index in [0.717, 1.165) is 24.2 Å². The van der Waals surface area contributed by atoms with Gasteiger partial charge < -0.3 is 10.1 Å². The molecule has 0 aliphatic carbocycles. The van der Waals surface area contributed by atoms with Crippen molar-refractivity contribution in [2.24, 2.45) is 0 Å². The number of nitrogens with one attached hydrogen (secondary N) is 1. The maximum absolute atomic E-state index is 12.3. The number of aryl methyl sites for hydroxylation is 2. The largest absolute Gasteiger partial charge is 0.371 e. The molecule has 0 unspecified atom stereocenters. The second-order valence-corrected chi connectivity index (χ2v) is 5.73. The van der Waals surface area contributed by atoms with Gasteiger partial charge in [-0.3, -0.25) is 9.48 Å². The van der Waals surface area contributed by atoms with Crippen LogP contribution in [0.15, 0.2) is 17.8 Å². The van der Waals surface area contributed by atoms with E-state index in [1.54, 1.807) is 5.38 Å². The number of ether oxygens (including phenoxy) is 1. The molecular formula is C14H18N4O2S. The molecule has 0 spiro atoms. The summed E-state index contributed by atoms with van der Waals surface area (Å²) in [6.45, 7) is 5.36. The van der Waals surface area contributed by atoms with Gasteiger partial charge in [-0.25, -0.2) is 0 Å². The molecule has 0 radical (unpaired) electrons. The first-order valence-electron chi connectivity index (χ1n) is 7.05. The molecule has 2 aromatic rings. The molecule has 7 heteroatoms. The maximum atomic E-state index is 12.3. The van der Waals surface area contributed by atoms with Gasteiger partial charge in [-0.15, -0.1) is 0 Å². The highest BCUT2D eigenvalue weighted by Crippen LogP contribution is 2.29. The summed E-state index contributed by atoms with van der Waals surface area (Å²) in [7, 11) is 0. The Morgan fingerprint density at radius 3 is 3.14 bits per heavy atom. The van der Waals surface area contributed by atoms with Crippen molar-refractivity contribution in [3.63, 3.8) is 0 Å². The zero-order valence-corrected chi connectivity index (χ0v) is 12.9. The number of hydrogen-bond donors (Lipinski definition) is 1. The molecule has 1 saturated heterocycles. The molecule has 3 heterocycles. The predicted octanol–water partition coefficient (Wildman–Crippen LogP) is 1.93. The van der Waals surface area contributed by atoms with Crippen molar-refractivity contribution in [3.8, 4) is 0 Å². The first kappa shape index (κ1) is 14.2. The number of hydrogen-bond acceptors (Lipinski definition) is 5. The molecule has 1 aliphatic rings. The van der Waals surface area contributed by atoms with Gasteiger partial charge in [-0.2, -0.15) is 9.47 Å². The minimum Gasteiger partial charge on any atom is -0.371 e. The van der Waals surface area contributed by atoms with Crippen LogP contribution in [0.4, 0.5) is 0 Å². The molecule has 1 aliphatic heterocycles. The lowest BCUT2D eigenvalue weighted by Crippen LogP contribution is -2.36. The Labute approximate surface area is 127 Å². The average Bonchev–Trinajstić information content (AvgIpc) is 3.17. The van der Waals surface area contributed by atoms with Gasteiger partial charge >= 0.3 is 0 Å². The van der Waals surface area contributed by atoms with E-state index >= 15 is 0 Å². The van der Waals surface area contributed by atoms with Gasteiger partial charge in [0.25, 0.3) is 5.91 Å². The van der Waals surface area contributed by atoms with E-state index < -0.39 is 0 Å². The quantitative estimate of drug-likeness (QED) is 0.937. The molecule has 0 saturated carbocycles. The van der Waals surface area contributed by atoms with Gasteiger partial charge in [-0.05, 0) is 31.8 Å². The van der Waals surface area contributed by atoms with E-state index in [0.29, 0.717) is 12.2 Å². The predicted molar refractivity (Wildman–Crippen MR) is 79.3 cm³/mol. The van der Waals surface area contributed by atoms with Crippen molar-refractivity contribution in [1.29, 1.82) is 0 Å². The average molecular weight is 306 g/mol. The van der Waals surface area contributed by atoms with Gasteiger partial charge in [-0.1, -0.05) is 0 Å². The number of carbonyl (C=O) groups is 1. The number of aromatic nitrogens is 3. The van der Waals surface area contributed by atoms with Gasteiger partial charge in [0.05, 0.1) is 23.5 Å². The van der Waals surface area contributed by atoms with E-state index in [-0.39, 0.29) is 18.1 Å². The van der Waals surface area contributed by atoms with Crippen molar-refractivity contribution in [2.75, 3.05) is 6.61 Å². The summed E-state index contributed by atoms with van der Waals surface area (Å²) in [5.74, 6) is -0.0790. The lowest BCUT2D eigenvalue weighted by molar-refractivity contribution is 0.0821. The van der Waals surface area contributed by atoms with Crippen molar-refractivity contribution in [2.45, 2.75) is 39.0 Å². The zero-order valence-electron chi connectivity index (χ0n) is 12.1. The molecule has 2 atom stereocenters. The standard InChI is InChI=1S/C14H18N4O2S/c1-3-18-7-10(6-15-18)13-12(4-5-20-13)16-14(19)11-8-21-17-9(11)2/h6-8,12-13H,3-5H2,1-2H3,(H,16,19)/t12-,13+/m0/s1. The number of nitrogens with zero attached hydrogens (tertiary/aromatic N) is 3. The van der Waals surface area contributed by atoms with Gasteiger partial charge in [0.2, 0.25) is 0 Å². The molecule has 0 bridgehead atoms. The van der Waals surface area contributed by atoms with Crippen molar-refractivity contribution >= 4 is 17.4 Å². The van der Waals surface area contributed by atoms with E-state index in [1.165, 1.54) is 11.5 Å². The summed E-state index contributed by atoms with van der Waals surface area (Å²) in [6.07, 6.45) is 4.48. The molecule has 21 heavy (non-hydrogen) atoms. The monoisotopic (exact) mass is 306 g/mol. The third-order valence-electron chi connectivity index (χ3n) is 3.71. The van der Waals surface area contributed by atoms with E-state index in [1.807, 2.05) is 30.9 Å². The normalized spacial score (nSPS) is 21.6. The summed E-state index contributed by atoms with van der Waals surface area (Å²) in [4.78, 5) is 12.3. The summed E-state index contributed by atoms with van der Waals surface area (Å²) >= 11 is 1.30. The fourth-order valence-corrected chi connectivity index (χ4v) is 3.21. The lowest BCUT2D eigenvalue weighted by Gasteiger charge is -2.18. The third kappa shape index (κ3) is 2.84. The smallest absolute Gasteiger partial charge is 0.254 e. The summed E-state index contributed by atoms with van der Waals surface area (Å²) in [6, 6.07) is -0.0219. The van der Waals surface area contributed by atoms with Crippen LogP contribution in [-0.4, -0.2) is 32.7 Å². The van der Waals surface area contributed by atoms with Crippen LogP contribution in [0.1, 0.15) is 41.1 Å². The molecule has 3 rings (SSSR count). The Morgan fingerprint density at radius 2 is 2.48 bits per heavy atom. The summed E-state index contributed by atoms with van der Waals surface area (Å²) < 4.78 is 11.8. The molecule has 1 amide bonds. The van der Waals surface area contributed by atoms with Crippen LogP contribution in [0.3, 0.4) is 0 Å². The Morgan fingerprint density at radius 1 is 1.62 bits per heavy atom. The summed E-state index contributed by atoms with van der Waals surface area (Å²) in [5, 5.41) is 9.12. The van der Waals surface area contributed by atoms with E-state index in [2.05, 4.69) is 14.8 Å². The van der Waals surface area contributed by atoms with Gasteiger partial charge in [0.1, 0.15) is 6.10 Å². The Balaban J connectivity index is 1.72. The highest BCUT2D eigenvalue weighted by Gasteiger charge is 2.32. The second kappa shape index (κ2) is 5.95. The van der Waals surface area contributed by atoms with Crippen molar-refractivity contribution < 1.29 is 9.53 Å². The highest BCUT2D eigenvalue weighted by molar-refractivity contribution is 7.03. The highest BCUT2D eigenvalue weighted by atomic mass is 32.1.